The first-order valence-corrected chi connectivity index (χ1v) is 8.84. The largest absolute Gasteiger partial charge is 0.388 e. The van der Waals surface area contributed by atoms with Gasteiger partial charge in [0, 0.05) is 31.4 Å². The SMILES string of the molecule is Cn1c(CO)nnc1[C@H]1CCCN(C(=O)Cn2ncc3ccccc32)C1. The van der Waals surface area contributed by atoms with Crippen molar-refractivity contribution >= 4 is 16.8 Å². The quantitative estimate of drug-likeness (QED) is 0.757. The summed E-state index contributed by atoms with van der Waals surface area (Å²) in [5, 5.41) is 22.9. The van der Waals surface area contributed by atoms with Crippen LogP contribution in [-0.4, -0.2) is 53.5 Å². The van der Waals surface area contributed by atoms with Gasteiger partial charge < -0.3 is 14.6 Å². The fraction of sp³-hybridized carbons (Fsp3) is 0.444. The zero-order valence-electron chi connectivity index (χ0n) is 14.7. The number of para-hydroxylation sites is 1. The van der Waals surface area contributed by atoms with E-state index in [4.69, 9.17) is 0 Å². The fourth-order valence-corrected chi connectivity index (χ4v) is 3.66. The molecule has 8 nitrogen and oxygen atoms in total. The minimum atomic E-state index is -0.134. The van der Waals surface area contributed by atoms with Crippen molar-refractivity contribution in [2.24, 2.45) is 7.05 Å². The molecule has 1 fully saturated rings. The lowest BCUT2D eigenvalue weighted by Crippen LogP contribution is -2.41. The number of aliphatic hydroxyl groups excluding tert-OH is 1. The van der Waals surface area contributed by atoms with E-state index in [1.54, 1.807) is 10.9 Å². The summed E-state index contributed by atoms with van der Waals surface area (Å²) in [6.45, 7) is 1.47. The number of aliphatic hydroxyl groups is 1. The molecule has 0 spiro atoms. The number of carbonyl (C=O) groups excluding carboxylic acids is 1. The smallest absolute Gasteiger partial charge is 0.244 e. The average Bonchev–Trinajstić information content (AvgIpc) is 3.25. The third kappa shape index (κ3) is 2.96. The molecular formula is C18H22N6O2. The molecule has 1 amide bonds. The van der Waals surface area contributed by atoms with Crippen LogP contribution in [-0.2, 0) is 25.0 Å². The summed E-state index contributed by atoms with van der Waals surface area (Å²) in [6, 6.07) is 7.89. The second-order valence-corrected chi connectivity index (χ2v) is 6.73. The van der Waals surface area contributed by atoms with Gasteiger partial charge >= 0.3 is 0 Å². The monoisotopic (exact) mass is 354 g/mol. The number of rotatable bonds is 4. The van der Waals surface area contributed by atoms with Crippen LogP contribution in [0.15, 0.2) is 30.5 Å². The summed E-state index contributed by atoms with van der Waals surface area (Å²) in [7, 11) is 1.86. The maximum atomic E-state index is 12.8. The number of hydrogen-bond donors (Lipinski definition) is 1. The Balaban J connectivity index is 1.48. The van der Waals surface area contributed by atoms with Crippen molar-refractivity contribution in [1.29, 1.82) is 0 Å². The molecule has 1 aliphatic rings. The van der Waals surface area contributed by atoms with E-state index in [9.17, 15) is 9.90 Å². The Morgan fingerprint density at radius 1 is 1.31 bits per heavy atom. The van der Waals surface area contributed by atoms with Gasteiger partial charge in [0.05, 0.1) is 11.7 Å². The Bertz CT molecular complexity index is 931. The first kappa shape index (κ1) is 16.7. The Morgan fingerprint density at radius 3 is 2.96 bits per heavy atom. The summed E-state index contributed by atoms with van der Waals surface area (Å²) in [5.74, 6) is 1.58. The standard InChI is InChI=1S/C18H22N6O2/c1-22-16(12-25)20-21-18(22)14-6-4-8-23(10-14)17(26)11-24-15-7-3-2-5-13(15)9-19-24/h2-3,5,7,9,14,25H,4,6,8,10-12H2,1H3/t14-/m0/s1. The lowest BCUT2D eigenvalue weighted by Gasteiger charge is -2.32. The second kappa shape index (κ2) is 6.87. The van der Waals surface area contributed by atoms with Gasteiger partial charge in [-0.05, 0) is 18.9 Å². The molecule has 3 aromatic rings. The molecule has 1 aliphatic heterocycles. The van der Waals surface area contributed by atoms with E-state index in [2.05, 4.69) is 15.3 Å². The molecule has 136 valence electrons. The lowest BCUT2D eigenvalue weighted by molar-refractivity contribution is -0.133. The molecule has 0 aliphatic carbocycles. The van der Waals surface area contributed by atoms with Gasteiger partial charge in [-0.3, -0.25) is 9.48 Å². The van der Waals surface area contributed by atoms with Gasteiger partial charge in [-0.15, -0.1) is 10.2 Å². The van der Waals surface area contributed by atoms with Gasteiger partial charge in [0.25, 0.3) is 0 Å². The molecular weight excluding hydrogens is 332 g/mol. The number of aromatic nitrogens is 5. The molecule has 1 saturated heterocycles. The normalized spacial score (nSPS) is 17.8. The fourth-order valence-electron chi connectivity index (χ4n) is 3.66. The highest BCUT2D eigenvalue weighted by Gasteiger charge is 2.28. The van der Waals surface area contributed by atoms with Crippen LogP contribution in [0.3, 0.4) is 0 Å². The van der Waals surface area contributed by atoms with E-state index in [1.807, 2.05) is 40.8 Å². The number of amides is 1. The van der Waals surface area contributed by atoms with E-state index in [-0.39, 0.29) is 25.0 Å². The van der Waals surface area contributed by atoms with E-state index in [0.717, 1.165) is 36.1 Å². The molecule has 4 rings (SSSR count). The Hall–Kier alpha value is -2.74. The van der Waals surface area contributed by atoms with Crippen LogP contribution in [0.25, 0.3) is 10.9 Å². The molecule has 0 unspecified atom stereocenters. The maximum absolute atomic E-state index is 12.8. The van der Waals surface area contributed by atoms with Crippen LogP contribution < -0.4 is 0 Å². The molecule has 3 heterocycles. The molecule has 1 aromatic carbocycles. The summed E-state index contributed by atoms with van der Waals surface area (Å²) < 4.78 is 3.59. The van der Waals surface area contributed by atoms with Crippen molar-refractivity contribution in [3.63, 3.8) is 0 Å². The topological polar surface area (TPSA) is 89.1 Å². The van der Waals surface area contributed by atoms with Crippen LogP contribution in [0.5, 0.6) is 0 Å². The third-order valence-electron chi connectivity index (χ3n) is 5.12. The Kier molecular flexibility index (Phi) is 4.42. The zero-order valence-corrected chi connectivity index (χ0v) is 14.7. The zero-order chi connectivity index (χ0) is 18.1. The van der Waals surface area contributed by atoms with E-state index >= 15 is 0 Å². The van der Waals surface area contributed by atoms with Gasteiger partial charge in [0.2, 0.25) is 5.91 Å². The van der Waals surface area contributed by atoms with Crippen LogP contribution >= 0.6 is 0 Å². The summed E-state index contributed by atoms with van der Waals surface area (Å²) in [6.07, 6.45) is 3.68. The number of fused-ring (bicyclic) bond motifs is 1. The molecule has 1 atom stereocenters. The molecule has 0 saturated carbocycles. The van der Waals surface area contributed by atoms with Crippen LogP contribution in [0.4, 0.5) is 0 Å². The summed E-state index contributed by atoms with van der Waals surface area (Å²) in [5.41, 5.74) is 0.968. The van der Waals surface area contributed by atoms with Gasteiger partial charge in [-0.2, -0.15) is 5.10 Å². The van der Waals surface area contributed by atoms with Crippen LogP contribution in [0, 0.1) is 0 Å². The van der Waals surface area contributed by atoms with Gasteiger partial charge in [0.1, 0.15) is 19.0 Å². The van der Waals surface area contributed by atoms with E-state index in [0.29, 0.717) is 12.4 Å². The molecule has 0 radical (unpaired) electrons. The number of piperidine rings is 1. The third-order valence-corrected chi connectivity index (χ3v) is 5.12. The average molecular weight is 354 g/mol. The predicted molar refractivity (Wildman–Crippen MR) is 95.2 cm³/mol. The number of carbonyl (C=O) groups is 1. The van der Waals surface area contributed by atoms with Crippen LogP contribution in [0.2, 0.25) is 0 Å². The van der Waals surface area contributed by atoms with Crippen molar-refractivity contribution < 1.29 is 9.90 Å². The summed E-state index contributed by atoms with van der Waals surface area (Å²) >= 11 is 0. The number of nitrogens with zero attached hydrogens (tertiary/aromatic N) is 6. The minimum Gasteiger partial charge on any atom is -0.388 e. The summed E-state index contributed by atoms with van der Waals surface area (Å²) in [4.78, 5) is 14.7. The van der Waals surface area contributed by atoms with E-state index in [1.165, 1.54) is 0 Å². The van der Waals surface area contributed by atoms with Crippen molar-refractivity contribution in [3.8, 4) is 0 Å². The Labute approximate surface area is 151 Å². The maximum Gasteiger partial charge on any atom is 0.244 e. The van der Waals surface area contributed by atoms with Crippen molar-refractivity contribution in [1.82, 2.24) is 29.4 Å². The van der Waals surface area contributed by atoms with Crippen LogP contribution in [0.1, 0.15) is 30.4 Å². The Morgan fingerprint density at radius 2 is 2.15 bits per heavy atom. The number of benzene rings is 1. The van der Waals surface area contributed by atoms with Crippen molar-refractivity contribution in [2.45, 2.75) is 31.9 Å². The first-order chi connectivity index (χ1) is 12.7. The van der Waals surface area contributed by atoms with Gasteiger partial charge in [-0.25, -0.2) is 0 Å². The second-order valence-electron chi connectivity index (χ2n) is 6.73. The molecule has 26 heavy (non-hydrogen) atoms. The van der Waals surface area contributed by atoms with Gasteiger partial charge in [-0.1, -0.05) is 18.2 Å². The van der Waals surface area contributed by atoms with Crippen molar-refractivity contribution in [2.75, 3.05) is 13.1 Å². The highest BCUT2D eigenvalue weighted by molar-refractivity contribution is 5.82. The molecule has 1 N–H and O–H groups in total. The highest BCUT2D eigenvalue weighted by atomic mass is 16.3. The van der Waals surface area contributed by atoms with Gasteiger partial charge in [0.15, 0.2) is 5.82 Å². The number of likely N-dealkylation sites (tertiary alicyclic amines) is 1. The first-order valence-electron chi connectivity index (χ1n) is 8.84. The molecule has 0 bridgehead atoms. The minimum absolute atomic E-state index is 0.0631. The van der Waals surface area contributed by atoms with E-state index < -0.39 is 0 Å². The van der Waals surface area contributed by atoms with Crippen molar-refractivity contribution in [3.05, 3.63) is 42.1 Å². The predicted octanol–water partition coefficient (Wildman–Crippen LogP) is 1.06. The molecule has 8 heteroatoms. The molecule has 2 aromatic heterocycles. The highest BCUT2D eigenvalue weighted by Crippen LogP contribution is 2.26. The lowest BCUT2D eigenvalue weighted by atomic mass is 9.97. The number of hydrogen-bond acceptors (Lipinski definition) is 5.